The minimum absolute atomic E-state index is 0.257. The number of carbonyl (C=O) groups is 1. The molecule has 0 atom stereocenters. The molecule has 0 aliphatic heterocycles. The van der Waals surface area contributed by atoms with Crippen LogP contribution in [0.2, 0.25) is 0 Å². The Hall–Kier alpha value is -3.27. The standard InChI is InChI=1S/C18H19N5O2/c1-3-25-14-6-5-13-10-16(20-15(13)11-14)18(24)21-17-9-12(2)22-23(17)8-4-7-19/h5-6,9-11,20H,3-4,8H2,1-2H3,(H,21,24). The van der Waals surface area contributed by atoms with Crippen LogP contribution in [0.15, 0.2) is 30.3 Å². The van der Waals surface area contributed by atoms with E-state index in [9.17, 15) is 4.79 Å². The van der Waals surface area contributed by atoms with Gasteiger partial charge in [0.25, 0.3) is 5.91 Å². The van der Waals surface area contributed by atoms with Gasteiger partial charge in [-0.05, 0) is 32.0 Å². The van der Waals surface area contributed by atoms with Gasteiger partial charge in [0.05, 0.1) is 31.3 Å². The summed E-state index contributed by atoms with van der Waals surface area (Å²) in [5.41, 5.74) is 2.07. The molecule has 0 fully saturated rings. The van der Waals surface area contributed by atoms with Crippen molar-refractivity contribution in [3.8, 4) is 11.8 Å². The molecule has 0 bridgehead atoms. The third kappa shape index (κ3) is 3.63. The minimum atomic E-state index is -0.257. The Labute approximate surface area is 145 Å². The van der Waals surface area contributed by atoms with E-state index < -0.39 is 0 Å². The second kappa shape index (κ2) is 7.09. The predicted molar refractivity (Wildman–Crippen MR) is 94.6 cm³/mol. The topological polar surface area (TPSA) is 95.7 Å². The minimum Gasteiger partial charge on any atom is -0.494 e. The number of nitrogens with one attached hydrogen (secondary N) is 2. The number of carbonyl (C=O) groups excluding carboxylic acids is 1. The Balaban J connectivity index is 1.82. The van der Waals surface area contributed by atoms with Crippen LogP contribution >= 0.6 is 0 Å². The third-order valence-electron chi connectivity index (χ3n) is 3.73. The van der Waals surface area contributed by atoms with Gasteiger partial charge in [0, 0.05) is 23.0 Å². The first-order valence-corrected chi connectivity index (χ1v) is 8.09. The van der Waals surface area contributed by atoms with Crippen LogP contribution in [0.1, 0.15) is 29.5 Å². The van der Waals surface area contributed by atoms with Crippen molar-refractivity contribution in [1.29, 1.82) is 5.26 Å². The smallest absolute Gasteiger partial charge is 0.273 e. The lowest BCUT2D eigenvalue weighted by Gasteiger charge is -2.06. The Kier molecular flexibility index (Phi) is 4.70. The summed E-state index contributed by atoms with van der Waals surface area (Å²) >= 11 is 0. The van der Waals surface area contributed by atoms with Crippen LogP contribution in [-0.2, 0) is 6.54 Å². The van der Waals surface area contributed by atoms with E-state index in [-0.39, 0.29) is 5.91 Å². The number of rotatable bonds is 6. The summed E-state index contributed by atoms with van der Waals surface area (Å²) in [5.74, 6) is 1.08. The van der Waals surface area contributed by atoms with Crippen molar-refractivity contribution in [3.63, 3.8) is 0 Å². The summed E-state index contributed by atoms with van der Waals surface area (Å²) in [4.78, 5) is 15.7. The van der Waals surface area contributed by atoms with Crippen LogP contribution in [0, 0.1) is 18.3 Å². The highest BCUT2D eigenvalue weighted by Crippen LogP contribution is 2.22. The summed E-state index contributed by atoms with van der Waals surface area (Å²) in [7, 11) is 0. The molecular weight excluding hydrogens is 318 g/mol. The number of H-pyrrole nitrogens is 1. The fourth-order valence-corrected chi connectivity index (χ4v) is 2.64. The van der Waals surface area contributed by atoms with E-state index in [0.717, 1.165) is 22.3 Å². The number of ether oxygens (including phenoxy) is 1. The van der Waals surface area contributed by atoms with Gasteiger partial charge in [-0.15, -0.1) is 0 Å². The van der Waals surface area contributed by atoms with E-state index in [0.29, 0.717) is 31.1 Å². The Morgan fingerprint density at radius 2 is 2.24 bits per heavy atom. The number of anilines is 1. The maximum atomic E-state index is 12.5. The number of amides is 1. The molecule has 25 heavy (non-hydrogen) atoms. The van der Waals surface area contributed by atoms with E-state index in [2.05, 4.69) is 21.5 Å². The van der Waals surface area contributed by atoms with Crippen LogP contribution in [0.25, 0.3) is 10.9 Å². The molecule has 0 unspecified atom stereocenters. The van der Waals surface area contributed by atoms with E-state index in [1.807, 2.05) is 32.0 Å². The molecule has 7 nitrogen and oxygen atoms in total. The molecule has 7 heteroatoms. The summed E-state index contributed by atoms with van der Waals surface area (Å²) in [6.07, 6.45) is 0.330. The van der Waals surface area contributed by atoms with E-state index >= 15 is 0 Å². The number of nitrogens with zero attached hydrogens (tertiary/aromatic N) is 3. The van der Waals surface area contributed by atoms with Crippen molar-refractivity contribution in [2.45, 2.75) is 26.8 Å². The summed E-state index contributed by atoms with van der Waals surface area (Å²) in [6.45, 7) is 4.79. The molecule has 2 aromatic heterocycles. The maximum absolute atomic E-state index is 12.5. The van der Waals surface area contributed by atoms with Crippen molar-refractivity contribution < 1.29 is 9.53 Å². The zero-order valence-corrected chi connectivity index (χ0v) is 14.2. The molecule has 2 heterocycles. The van der Waals surface area contributed by atoms with Gasteiger partial charge in [-0.1, -0.05) is 0 Å². The van der Waals surface area contributed by atoms with E-state index in [1.54, 1.807) is 16.8 Å². The zero-order chi connectivity index (χ0) is 17.8. The van der Waals surface area contributed by atoms with Crippen LogP contribution in [0.4, 0.5) is 5.82 Å². The summed E-state index contributed by atoms with van der Waals surface area (Å²) in [6, 6.07) is 11.3. The molecule has 0 aliphatic carbocycles. The molecule has 1 amide bonds. The summed E-state index contributed by atoms with van der Waals surface area (Å²) in [5, 5.41) is 16.8. The number of fused-ring (bicyclic) bond motifs is 1. The number of hydrogen-bond acceptors (Lipinski definition) is 4. The second-order valence-electron chi connectivity index (χ2n) is 5.62. The van der Waals surface area contributed by atoms with Gasteiger partial charge in [-0.3, -0.25) is 4.79 Å². The Morgan fingerprint density at radius 1 is 1.40 bits per heavy atom. The third-order valence-corrected chi connectivity index (χ3v) is 3.73. The number of aromatic nitrogens is 3. The van der Waals surface area contributed by atoms with E-state index in [4.69, 9.17) is 10.00 Å². The number of aromatic amines is 1. The molecule has 0 spiro atoms. The highest BCUT2D eigenvalue weighted by atomic mass is 16.5. The molecule has 0 saturated heterocycles. The van der Waals surface area contributed by atoms with Gasteiger partial charge in [0.2, 0.25) is 0 Å². The molecule has 128 valence electrons. The normalized spacial score (nSPS) is 10.6. The van der Waals surface area contributed by atoms with Crippen LogP contribution < -0.4 is 10.1 Å². The average Bonchev–Trinajstić information content (AvgIpc) is 3.16. The first kappa shape index (κ1) is 16.6. The second-order valence-corrected chi connectivity index (χ2v) is 5.62. The quantitative estimate of drug-likeness (QED) is 0.722. The zero-order valence-electron chi connectivity index (χ0n) is 14.2. The largest absolute Gasteiger partial charge is 0.494 e. The van der Waals surface area contributed by atoms with Gasteiger partial charge in [-0.25, -0.2) is 4.68 Å². The molecule has 0 radical (unpaired) electrons. The SMILES string of the molecule is CCOc1ccc2cc(C(=O)Nc3cc(C)nn3CCC#N)[nH]c2c1. The molecule has 1 aromatic carbocycles. The van der Waals surface area contributed by atoms with Crippen molar-refractivity contribution in [2.24, 2.45) is 0 Å². The van der Waals surface area contributed by atoms with Crippen molar-refractivity contribution in [1.82, 2.24) is 14.8 Å². The monoisotopic (exact) mass is 337 g/mol. The number of nitriles is 1. The van der Waals surface area contributed by atoms with Crippen molar-refractivity contribution >= 4 is 22.6 Å². The highest BCUT2D eigenvalue weighted by molar-refractivity contribution is 6.05. The van der Waals surface area contributed by atoms with Gasteiger partial charge in [-0.2, -0.15) is 10.4 Å². The van der Waals surface area contributed by atoms with Gasteiger partial charge in [0.1, 0.15) is 17.3 Å². The van der Waals surface area contributed by atoms with Crippen LogP contribution in [-0.4, -0.2) is 27.3 Å². The van der Waals surface area contributed by atoms with Gasteiger partial charge < -0.3 is 15.0 Å². The molecule has 2 N–H and O–H groups in total. The molecule has 3 aromatic rings. The molecule has 0 aliphatic rings. The average molecular weight is 337 g/mol. The van der Waals surface area contributed by atoms with Gasteiger partial charge in [0.15, 0.2) is 0 Å². The van der Waals surface area contributed by atoms with Crippen LogP contribution in [0.5, 0.6) is 5.75 Å². The maximum Gasteiger partial charge on any atom is 0.273 e. The van der Waals surface area contributed by atoms with Crippen LogP contribution in [0.3, 0.4) is 0 Å². The van der Waals surface area contributed by atoms with E-state index in [1.165, 1.54) is 0 Å². The molecule has 3 rings (SSSR count). The Bertz CT molecular complexity index is 948. The molecular formula is C18H19N5O2. The first-order chi connectivity index (χ1) is 12.1. The lowest BCUT2D eigenvalue weighted by Crippen LogP contribution is -2.16. The number of benzene rings is 1. The van der Waals surface area contributed by atoms with Gasteiger partial charge >= 0.3 is 0 Å². The highest BCUT2D eigenvalue weighted by Gasteiger charge is 2.13. The Morgan fingerprint density at radius 3 is 3.00 bits per heavy atom. The summed E-state index contributed by atoms with van der Waals surface area (Å²) < 4.78 is 7.11. The first-order valence-electron chi connectivity index (χ1n) is 8.09. The van der Waals surface area contributed by atoms with Crippen molar-refractivity contribution in [2.75, 3.05) is 11.9 Å². The number of aryl methyl sites for hydroxylation is 2. The fraction of sp³-hybridized carbons (Fsp3) is 0.278. The lowest BCUT2D eigenvalue weighted by atomic mass is 10.2. The predicted octanol–water partition coefficient (Wildman–Crippen LogP) is 3.24. The lowest BCUT2D eigenvalue weighted by molar-refractivity contribution is 0.102. The molecule has 0 saturated carbocycles. The fourth-order valence-electron chi connectivity index (χ4n) is 2.64. The number of hydrogen-bond donors (Lipinski definition) is 2. The van der Waals surface area contributed by atoms with Crippen molar-refractivity contribution in [3.05, 3.63) is 41.7 Å².